The van der Waals surface area contributed by atoms with E-state index in [1.54, 1.807) is 17.9 Å². The van der Waals surface area contributed by atoms with Gasteiger partial charge in [0.1, 0.15) is 17.5 Å². The summed E-state index contributed by atoms with van der Waals surface area (Å²) in [5, 5.41) is 0. The van der Waals surface area contributed by atoms with Crippen LogP contribution in [0.2, 0.25) is 0 Å². The zero-order chi connectivity index (χ0) is 25.2. The van der Waals surface area contributed by atoms with Gasteiger partial charge in [-0.25, -0.2) is 18.6 Å². The molecular weight excluding hydrogens is 456 g/mol. The third-order valence-electron chi connectivity index (χ3n) is 6.98. The second-order valence-electron chi connectivity index (χ2n) is 9.67. The molecule has 2 bridgehead atoms. The number of likely N-dealkylation sites (tertiary alicyclic amines) is 1. The van der Waals surface area contributed by atoms with Crippen LogP contribution >= 0.6 is 0 Å². The molecule has 3 fully saturated rings. The normalized spacial score (nSPS) is 26.7. The molecule has 7 nitrogen and oxygen atoms in total. The highest BCUT2D eigenvalue weighted by Crippen LogP contribution is 2.43. The zero-order valence-corrected chi connectivity index (χ0v) is 20.5. The first-order valence-electron chi connectivity index (χ1n) is 12.1. The number of halogens is 2. The van der Waals surface area contributed by atoms with E-state index in [0.717, 1.165) is 24.8 Å². The number of carbonyl (C=O) groups is 1. The van der Waals surface area contributed by atoms with Crippen LogP contribution in [-0.4, -0.2) is 66.8 Å². The van der Waals surface area contributed by atoms with Crippen LogP contribution in [0.4, 0.5) is 19.3 Å². The molecule has 0 radical (unpaired) electrons. The minimum Gasteiger partial charge on any atom is -0.474 e. The lowest BCUT2D eigenvalue weighted by atomic mass is 9.84. The van der Waals surface area contributed by atoms with Gasteiger partial charge < -0.3 is 19.1 Å². The number of amides is 1. The Balaban J connectivity index is 1.46. The zero-order valence-electron chi connectivity index (χ0n) is 20.5. The Morgan fingerprint density at radius 3 is 2.60 bits per heavy atom. The van der Waals surface area contributed by atoms with Crippen molar-refractivity contribution in [3.63, 3.8) is 0 Å². The van der Waals surface area contributed by atoms with E-state index in [-0.39, 0.29) is 40.8 Å². The van der Waals surface area contributed by atoms with Crippen molar-refractivity contribution in [3.05, 3.63) is 42.4 Å². The van der Waals surface area contributed by atoms with E-state index < -0.39 is 18.1 Å². The highest BCUT2D eigenvalue weighted by Gasteiger charge is 2.49. The first kappa shape index (κ1) is 25.3. The molecule has 2 saturated heterocycles. The van der Waals surface area contributed by atoms with Gasteiger partial charge in [-0.05, 0) is 50.8 Å². The molecule has 1 aliphatic carbocycles. The number of ether oxygens (including phenoxy) is 3. The Morgan fingerprint density at radius 2 is 2.03 bits per heavy atom. The fourth-order valence-electron chi connectivity index (χ4n) is 4.67. The van der Waals surface area contributed by atoms with Crippen molar-refractivity contribution < 1.29 is 27.8 Å². The number of benzene rings is 1. The topological polar surface area (TPSA) is 72.7 Å². The van der Waals surface area contributed by atoms with E-state index in [2.05, 4.69) is 16.6 Å². The smallest absolute Gasteiger partial charge is 0.410 e. The maximum absolute atomic E-state index is 15.4. The molecule has 3 unspecified atom stereocenters. The molecule has 1 amide bonds. The van der Waals surface area contributed by atoms with Gasteiger partial charge in [0.25, 0.3) is 0 Å². The molecule has 1 aromatic rings. The molecule has 35 heavy (non-hydrogen) atoms. The maximum atomic E-state index is 15.4. The molecule has 2 aliphatic heterocycles. The summed E-state index contributed by atoms with van der Waals surface area (Å²) in [6.45, 7) is 10.4. The minimum absolute atomic E-state index is 0.0186. The molecule has 2 heterocycles. The third kappa shape index (κ3) is 5.72. The second kappa shape index (κ2) is 10.4. The number of fused-ring (bicyclic) bond motifs is 2. The predicted molar refractivity (Wildman–Crippen MR) is 129 cm³/mol. The molecule has 0 N–H and O–H groups in total. The van der Waals surface area contributed by atoms with Gasteiger partial charge in [0, 0.05) is 31.1 Å². The summed E-state index contributed by atoms with van der Waals surface area (Å²) >= 11 is 0. The molecule has 1 aromatic carbocycles. The molecule has 1 saturated carbocycles. The number of hydrogen-bond acceptors (Lipinski definition) is 6. The van der Waals surface area contributed by atoms with E-state index in [0.29, 0.717) is 26.3 Å². The van der Waals surface area contributed by atoms with Gasteiger partial charge in [0.15, 0.2) is 0 Å². The second-order valence-corrected chi connectivity index (χ2v) is 9.67. The number of aryl methyl sites for hydroxylation is 1. The minimum atomic E-state index is -1.78. The fraction of sp³-hybridized carbons (Fsp3) is 0.577. The summed E-state index contributed by atoms with van der Waals surface area (Å²) in [6.07, 6.45) is 1.33. The number of nitrogens with zero attached hydrogens (tertiary/aromatic N) is 3. The van der Waals surface area contributed by atoms with Crippen molar-refractivity contribution in [1.29, 1.82) is 0 Å². The highest BCUT2D eigenvalue weighted by molar-refractivity contribution is 6.07. The van der Waals surface area contributed by atoms with E-state index in [1.165, 1.54) is 25.3 Å². The summed E-state index contributed by atoms with van der Waals surface area (Å²) in [7, 11) is 0. The first-order chi connectivity index (χ1) is 16.7. The Labute approximate surface area is 204 Å². The molecule has 4 rings (SSSR count). The number of aliphatic imine (C=N–C) groups is 2. The van der Waals surface area contributed by atoms with Crippen LogP contribution in [-0.2, 0) is 14.2 Å². The predicted octanol–water partition coefficient (Wildman–Crippen LogP) is 5.15. The average molecular weight is 490 g/mol. The van der Waals surface area contributed by atoms with Crippen LogP contribution in [0.1, 0.15) is 38.7 Å². The summed E-state index contributed by atoms with van der Waals surface area (Å²) in [5.74, 6) is -1.04. The summed E-state index contributed by atoms with van der Waals surface area (Å²) in [6, 6.07) is 4.57. The van der Waals surface area contributed by atoms with E-state index in [4.69, 9.17) is 14.2 Å². The monoisotopic (exact) mass is 489 g/mol. The Morgan fingerprint density at radius 1 is 1.34 bits per heavy atom. The fourth-order valence-corrected chi connectivity index (χ4v) is 4.67. The summed E-state index contributed by atoms with van der Waals surface area (Å²) < 4.78 is 47.2. The van der Waals surface area contributed by atoms with Gasteiger partial charge in [0.05, 0.1) is 24.6 Å². The molecule has 9 heteroatoms. The van der Waals surface area contributed by atoms with Gasteiger partial charge in [0.2, 0.25) is 12.1 Å². The van der Waals surface area contributed by atoms with Crippen LogP contribution < -0.4 is 0 Å². The van der Waals surface area contributed by atoms with E-state index in [9.17, 15) is 9.18 Å². The van der Waals surface area contributed by atoms with Crippen LogP contribution in [0, 0.1) is 24.6 Å². The van der Waals surface area contributed by atoms with Gasteiger partial charge in [-0.3, -0.25) is 4.99 Å². The van der Waals surface area contributed by atoms with Gasteiger partial charge in [-0.1, -0.05) is 19.6 Å². The summed E-state index contributed by atoms with van der Waals surface area (Å²) in [5.41, 5.74) is 0.505. The van der Waals surface area contributed by atoms with Gasteiger partial charge >= 0.3 is 6.09 Å². The van der Waals surface area contributed by atoms with Crippen molar-refractivity contribution in [1.82, 2.24) is 4.90 Å². The molecule has 3 aliphatic rings. The lowest BCUT2D eigenvalue weighted by Crippen LogP contribution is -2.58. The van der Waals surface area contributed by atoms with Gasteiger partial charge in [-0.2, -0.15) is 0 Å². The van der Waals surface area contributed by atoms with Crippen molar-refractivity contribution in [2.75, 3.05) is 26.3 Å². The lowest BCUT2D eigenvalue weighted by molar-refractivity contribution is -0.116. The molecule has 0 aromatic heterocycles. The van der Waals surface area contributed by atoms with E-state index in [1.807, 2.05) is 6.92 Å². The van der Waals surface area contributed by atoms with Crippen LogP contribution in [0.15, 0.2) is 41.0 Å². The van der Waals surface area contributed by atoms with Crippen LogP contribution in [0.3, 0.4) is 0 Å². The number of rotatable bonds is 7. The lowest BCUT2D eigenvalue weighted by Gasteiger charge is -2.46. The number of piperidine rings is 1. The Kier molecular flexibility index (Phi) is 7.54. The Hall–Kier alpha value is -2.81. The van der Waals surface area contributed by atoms with Crippen molar-refractivity contribution >= 4 is 23.4 Å². The molecule has 0 spiro atoms. The van der Waals surface area contributed by atoms with Crippen molar-refractivity contribution in [2.45, 2.75) is 57.9 Å². The van der Waals surface area contributed by atoms with Crippen molar-refractivity contribution in [3.8, 4) is 0 Å². The quantitative estimate of drug-likeness (QED) is 0.392. The highest BCUT2D eigenvalue weighted by atomic mass is 19.1. The molecule has 190 valence electrons. The summed E-state index contributed by atoms with van der Waals surface area (Å²) in [4.78, 5) is 22.6. The van der Waals surface area contributed by atoms with Crippen LogP contribution in [0.5, 0.6) is 0 Å². The average Bonchev–Trinajstić information content (AvgIpc) is 3.59. The SMILES string of the molecule is C=CN=C(OC1C2COCC1CN(C(=O)OC1(CC)CC1)C2)C(F)C(C)=Nc1ccc(C)cc1F. The van der Waals surface area contributed by atoms with Crippen LogP contribution in [0.25, 0.3) is 0 Å². The third-order valence-corrected chi connectivity index (χ3v) is 6.98. The van der Waals surface area contributed by atoms with Crippen molar-refractivity contribution in [2.24, 2.45) is 21.8 Å². The van der Waals surface area contributed by atoms with Gasteiger partial charge in [-0.15, -0.1) is 0 Å². The molecular formula is C26H33F2N3O4. The first-order valence-corrected chi connectivity index (χ1v) is 12.1. The molecule has 3 atom stereocenters. The Bertz CT molecular complexity index is 1010. The maximum Gasteiger partial charge on any atom is 0.410 e. The number of carbonyl (C=O) groups excluding carboxylic acids is 1. The number of alkyl halides is 1. The standard InChI is InChI=1S/C26H33F2N3O4/c1-5-26(9-10-26)35-25(32)31-12-18-14-33-15-19(13-31)23(18)34-24(29-6-2)22(28)17(4)30-21-8-7-16(3)11-20(21)27/h6-8,11,18-19,22-23H,2,5,9-10,12-15H2,1,3-4H3. The largest absolute Gasteiger partial charge is 0.474 e. The van der Waals surface area contributed by atoms with E-state index >= 15 is 4.39 Å². The number of hydrogen-bond donors (Lipinski definition) is 0.